The topological polar surface area (TPSA) is 55.9 Å². The summed E-state index contributed by atoms with van der Waals surface area (Å²) in [6.07, 6.45) is 4.49. The molecule has 0 aliphatic heterocycles. The maximum atomic E-state index is 5.68. The quantitative estimate of drug-likeness (QED) is 0.673. The Kier molecular flexibility index (Phi) is 4.16. The van der Waals surface area contributed by atoms with Crippen molar-refractivity contribution in [2.24, 2.45) is 12.9 Å². The van der Waals surface area contributed by atoms with Gasteiger partial charge >= 0.3 is 0 Å². The Morgan fingerprint density at radius 3 is 2.89 bits per heavy atom. The highest BCUT2D eigenvalue weighted by Gasteiger charge is 2.16. The number of hydrogen-bond acceptors (Lipinski definition) is 3. The molecule has 1 aromatic heterocycles. The first-order chi connectivity index (χ1) is 8.61. The molecular weight excluding hydrogens is 292 g/mol. The third-order valence-electron chi connectivity index (χ3n) is 3.04. The summed E-state index contributed by atoms with van der Waals surface area (Å²) < 4.78 is 3.07. The van der Waals surface area contributed by atoms with E-state index in [0.717, 1.165) is 22.3 Å². The Balaban J connectivity index is 2.28. The van der Waals surface area contributed by atoms with Gasteiger partial charge in [0.2, 0.25) is 0 Å². The van der Waals surface area contributed by atoms with Crippen LogP contribution in [0, 0.1) is 6.92 Å². The summed E-state index contributed by atoms with van der Waals surface area (Å²) in [7, 11) is 1.99. The van der Waals surface area contributed by atoms with E-state index >= 15 is 0 Å². The lowest BCUT2D eigenvalue weighted by Crippen LogP contribution is -2.30. The number of hydrogen-bond donors (Lipinski definition) is 2. The standard InChI is InChI=1S/C13H17BrN4/c1-9-3-4-11(14)10(7-9)12(17-15)8-13-16-5-6-18(13)2/h3-7,12,17H,8,15H2,1-2H3. The van der Waals surface area contributed by atoms with Crippen LogP contribution < -0.4 is 11.3 Å². The molecule has 0 aliphatic carbocycles. The van der Waals surface area contributed by atoms with Crippen LogP contribution in [0.2, 0.25) is 0 Å². The lowest BCUT2D eigenvalue weighted by atomic mass is 10.0. The van der Waals surface area contributed by atoms with Crippen molar-refractivity contribution in [1.29, 1.82) is 0 Å². The molecule has 0 radical (unpaired) electrons. The Morgan fingerprint density at radius 2 is 2.28 bits per heavy atom. The number of hydrazine groups is 1. The third-order valence-corrected chi connectivity index (χ3v) is 3.76. The molecule has 2 rings (SSSR count). The number of nitrogens with one attached hydrogen (secondary N) is 1. The van der Waals surface area contributed by atoms with Gasteiger partial charge in [-0.3, -0.25) is 11.3 Å². The predicted molar refractivity (Wildman–Crippen MR) is 75.9 cm³/mol. The molecule has 0 aliphatic rings. The molecule has 0 saturated heterocycles. The fraction of sp³-hybridized carbons (Fsp3) is 0.308. The molecule has 96 valence electrons. The normalized spacial score (nSPS) is 12.7. The summed E-state index contributed by atoms with van der Waals surface area (Å²) in [6.45, 7) is 2.07. The molecule has 0 saturated carbocycles. The highest BCUT2D eigenvalue weighted by Crippen LogP contribution is 2.26. The van der Waals surface area contributed by atoms with Gasteiger partial charge in [0.15, 0.2) is 0 Å². The van der Waals surface area contributed by atoms with E-state index in [9.17, 15) is 0 Å². The summed E-state index contributed by atoms with van der Waals surface area (Å²) in [6, 6.07) is 6.30. The average molecular weight is 309 g/mol. The number of nitrogens with two attached hydrogens (primary N) is 1. The fourth-order valence-corrected chi connectivity index (χ4v) is 2.49. The SMILES string of the molecule is Cc1ccc(Br)c(C(Cc2nccn2C)NN)c1. The number of nitrogens with zero attached hydrogens (tertiary/aromatic N) is 2. The lowest BCUT2D eigenvalue weighted by molar-refractivity contribution is 0.528. The minimum absolute atomic E-state index is 0.0420. The van der Waals surface area contributed by atoms with Gasteiger partial charge in [0.05, 0.1) is 6.04 Å². The van der Waals surface area contributed by atoms with E-state index in [1.807, 2.05) is 23.9 Å². The van der Waals surface area contributed by atoms with Crippen LogP contribution in [0.1, 0.15) is 23.0 Å². The molecule has 0 amide bonds. The van der Waals surface area contributed by atoms with E-state index in [-0.39, 0.29) is 6.04 Å². The Bertz CT molecular complexity index is 536. The number of aryl methyl sites for hydroxylation is 2. The molecule has 2 aromatic rings. The molecule has 1 atom stereocenters. The zero-order chi connectivity index (χ0) is 13.1. The van der Waals surface area contributed by atoms with Gasteiger partial charge in [-0.2, -0.15) is 0 Å². The van der Waals surface area contributed by atoms with Gasteiger partial charge in [-0.25, -0.2) is 4.98 Å². The second kappa shape index (κ2) is 5.65. The molecule has 3 N–H and O–H groups in total. The van der Waals surface area contributed by atoms with Crippen LogP contribution in [0.5, 0.6) is 0 Å². The molecule has 4 nitrogen and oxygen atoms in total. The largest absolute Gasteiger partial charge is 0.338 e. The number of halogens is 1. The van der Waals surface area contributed by atoms with Crippen molar-refractivity contribution in [3.63, 3.8) is 0 Å². The van der Waals surface area contributed by atoms with Gasteiger partial charge in [-0.15, -0.1) is 0 Å². The molecule has 0 bridgehead atoms. The third kappa shape index (κ3) is 2.80. The van der Waals surface area contributed by atoms with Crippen molar-refractivity contribution < 1.29 is 0 Å². The monoisotopic (exact) mass is 308 g/mol. The van der Waals surface area contributed by atoms with E-state index in [0.29, 0.717) is 0 Å². The Labute approximate surface area is 115 Å². The van der Waals surface area contributed by atoms with Crippen molar-refractivity contribution in [3.05, 3.63) is 52.0 Å². The van der Waals surface area contributed by atoms with Gasteiger partial charge in [0.25, 0.3) is 0 Å². The minimum Gasteiger partial charge on any atom is -0.338 e. The Morgan fingerprint density at radius 1 is 1.50 bits per heavy atom. The van der Waals surface area contributed by atoms with Crippen molar-refractivity contribution in [2.75, 3.05) is 0 Å². The number of benzene rings is 1. The maximum Gasteiger partial charge on any atom is 0.110 e. The van der Waals surface area contributed by atoms with Gasteiger partial charge < -0.3 is 4.57 Å². The van der Waals surface area contributed by atoms with Crippen LogP contribution in [0.3, 0.4) is 0 Å². The van der Waals surface area contributed by atoms with Gasteiger partial charge in [-0.05, 0) is 18.6 Å². The first-order valence-electron chi connectivity index (χ1n) is 5.80. The van der Waals surface area contributed by atoms with Crippen LogP contribution in [-0.4, -0.2) is 9.55 Å². The van der Waals surface area contributed by atoms with Crippen LogP contribution in [0.15, 0.2) is 35.1 Å². The fourth-order valence-electron chi connectivity index (χ4n) is 1.96. The highest BCUT2D eigenvalue weighted by atomic mass is 79.9. The first-order valence-corrected chi connectivity index (χ1v) is 6.59. The highest BCUT2D eigenvalue weighted by molar-refractivity contribution is 9.10. The zero-order valence-electron chi connectivity index (χ0n) is 10.5. The van der Waals surface area contributed by atoms with Crippen LogP contribution in [0.25, 0.3) is 0 Å². The van der Waals surface area contributed by atoms with Gasteiger partial charge in [0, 0.05) is 30.3 Å². The summed E-state index contributed by atoms with van der Waals surface area (Å²) in [5, 5.41) is 0. The van der Waals surface area contributed by atoms with Crippen LogP contribution in [-0.2, 0) is 13.5 Å². The van der Waals surface area contributed by atoms with Gasteiger partial charge in [-0.1, -0.05) is 33.6 Å². The van der Waals surface area contributed by atoms with E-state index in [2.05, 4.69) is 45.4 Å². The van der Waals surface area contributed by atoms with E-state index in [4.69, 9.17) is 5.84 Å². The molecule has 1 heterocycles. The van der Waals surface area contributed by atoms with Crippen molar-refractivity contribution in [1.82, 2.24) is 15.0 Å². The summed E-state index contributed by atoms with van der Waals surface area (Å²) in [5.41, 5.74) is 5.24. The summed E-state index contributed by atoms with van der Waals surface area (Å²) >= 11 is 3.57. The van der Waals surface area contributed by atoms with Crippen LogP contribution >= 0.6 is 15.9 Å². The van der Waals surface area contributed by atoms with Gasteiger partial charge in [0.1, 0.15) is 5.82 Å². The second-order valence-electron chi connectivity index (χ2n) is 4.40. The molecule has 18 heavy (non-hydrogen) atoms. The second-order valence-corrected chi connectivity index (χ2v) is 5.26. The molecule has 5 heteroatoms. The lowest BCUT2D eigenvalue weighted by Gasteiger charge is -2.18. The van der Waals surface area contributed by atoms with E-state index in [1.54, 1.807) is 6.20 Å². The summed E-state index contributed by atoms with van der Waals surface area (Å²) in [5.74, 6) is 6.69. The molecule has 1 aromatic carbocycles. The number of imidazole rings is 1. The van der Waals surface area contributed by atoms with Crippen molar-refractivity contribution in [3.8, 4) is 0 Å². The van der Waals surface area contributed by atoms with E-state index < -0.39 is 0 Å². The minimum atomic E-state index is 0.0420. The summed E-state index contributed by atoms with van der Waals surface area (Å²) in [4.78, 5) is 4.33. The number of aromatic nitrogens is 2. The van der Waals surface area contributed by atoms with Crippen molar-refractivity contribution >= 4 is 15.9 Å². The smallest absolute Gasteiger partial charge is 0.110 e. The number of rotatable bonds is 4. The van der Waals surface area contributed by atoms with Crippen LogP contribution in [0.4, 0.5) is 0 Å². The Hall–Kier alpha value is -1.17. The van der Waals surface area contributed by atoms with Crippen molar-refractivity contribution in [2.45, 2.75) is 19.4 Å². The zero-order valence-corrected chi connectivity index (χ0v) is 12.1. The maximum absolute atomic E-state index is 5.68. The average Bonchev–Trinajstić information content (AvgIpc) is 2.75. The predicted octanol–water partition coefficient (Wildman–Crippen LogP) is 2.24. The molecule has 1 unspecified atom stereocenters. The molecule has 0 fully saturated rings. The molecule has 0 spiro atoms. The molecular formula is C13H17BrN4. The first kappa shape index (κ1) is 13.3. The van der Waals surface area contributed by atoms with E-state index in [1.165, 1.54) is 5.56 Å².